The van der Waals surface area contributed by atoms with Crippen LogP contribution in [0.1, 0.15) is 24.0 Å². The first kappa shape index (κ1) is 11.5. The molecule has 0 unspecified atom stereocenters. The van der Waals surface area contributed by atoms with E-state index in [-0.39, 0.29) is 0 Å². The number of nitrogens with zero attached hydrogens (tertiary/aromatic N) is 1. The van der Waals surface area contributed by atoms with E-state index in [1.165, 1.54) is 16.8 Å². The second kappa shape index (κ2) is 4.95. The molecule has 0 N–H and O–H groups in total. The fraction of sp³-hybridized carbons (Fsp3) is 0.188. The van der Waals surface area contributed by atoms with Gasteiger partial charge in [-0.25, -0.2) is 0 Å². The molecule has 1 heterocycles. The number of aliphatic imine (C=N–C) groups is 1. The SMILES string of the molecule is Clc1ccc2c(c1)CCCC(c1ccccc1)=N2. The van der Waals surface area contributed by atoms with Crippen LogP contribution in [0.5, 0.6) is 0 Å². The van der Waals surface area contributed by atoms with Crippen LogP contribution < -0.4 is 0 Å². The van der Waals surface area contributed by atoms with E-state index in [0.717, 1.165) is 30.0 Å². The van der Waals surface area contributed by atoms with E-state index in [0.29, 0.717) is 0 Å². The van der Waals surface area contributed by atoms with E-state index >= 15 is 0 Å². The van der Waals surface area contributed by atoms with Gasteiger partial charge in [0, 0.05) is 10.7 Å². The number of aryl methyl sites for hydroxylation is 1. The standard InChI is InChI=1S/C16H14ClN/c17-14-9-10-16-13(11-14)7-4-8-15(18-16)12-5-2-1-3-6-12/h1-3,5-6,9-11H,4,7-8H2. The summed E-state index contributed by atoms with van der Waals surface area (Å²) in [6, 6.07) is 16.4. The first-order valence-corrected chi connectivity index (χ1v) is 6.62. The second-order valence-corrected chi connectivity index (χ2v) is 4.99. The molecule has 2 aromatic carbocycles. The summed E-state index contributed by atoms with van der Waals surface area (Å²) in [4.78, 5) is 4.81. The lowest BCUT2D eigenvalue weighted by atomic mass is 10.0. The monoisotopic (exact) mass is 255 g/mol. The third-order valence-electron chi connectivity index (χ3n) is 3.26. The zero-order valence-electron chi connectivity index (χ0n) is 10.1. The van der Waals surface area contributed by atoms with E-state index in [2.05, 4.69) is 24.3 Å². The topological polar surface area (TPSA) is 12.4 Å². The summed E-state index contributed by atoms with van der Waals surface area (Å²) in [6.07, 6.45) is 3.20. The zero-order valence-corrected chi connectivity index (χ0v) is 10.8. The average Bonchev–Trinajstić information content (AvgIpc) is 2.61. The van der Waals surface area contributed by atoms with Gasteiger partial charge in [-0.15, -0.1) is 0 Å². The van der Waals surface area contributed by atoms with Crippen molar-refractivity contribution in [2.24, 2.45) is 4.99 Å². The summed E-state index contributed by atoms with van der Waals surface area (Å²) < 4.78 is 0. The van der Waals surface area contributed by atoms with E-state index in [9.17, 15) is 0 Å². The highest BCUT2D eigenvalue weighted by Crippen LogP contribution is 2.29. The quantitative estimate of drug-likeness (QED) is 0.694. The molecule has 1 aliphatic rings. The molecule has 0 saturated heterocycles. The molecule has 0 fully saturated rings. The third-order valence-corrected chi connectivity index (χ3v) is 3.50. The highest BCUT2D eigenvalue weighted by atomic mass is 35.5. The lowest BCUT2D eigenvalue weighted by Gasteiger charge is -2.04. The molecule has 0 saturated carbocycles. The normalized spacial score (nSPS) is 14.6. The Balaban J connectivity index is 2.05. The van der Waals surface area contributed by atoms with Gasteiger partial charge in [0.2, 0.25) is 0 Å². The predicted molar refractivity (Wildman–Crippen MR) is 77.0 cm³/mol. The Hall–Kier alpha value is -1.60. The maximum Gasteiger partial charge on any atom is 0.0666 e. The molecule has 18 heavy (non-hydrogen) atoms. The fourth-order valence-corrected chi connectivity index (χ4v) is 2.55. The molecule has 0 atom stereocenters. The van der Waals surface area contributed by atoms with Gasteiger partial charge < -0.3 is 0 Å². The third kappa shape index (κ3) is 2.32. The average molecular weight is 256 g/mol. The Morgan fingerprint density at radius 1 is 0.944 bits per heavy atom. The molecular formula is C16H14ClN. The molecule has 3 rings (SSSR count). The van der Waals surface area contributed by atoms with Crippen molar-refractivity contribution >= 4 is 23.0 Å². The fourth-order valence-electron chi connectivity index (χ4n) is 2.35. The van der Waals surface area contributed by atoms with Crippen molar-refractivity contribution in [3.63, 3.8) is 0 Å². The van der Waals surface area contributed by atoms with Gasteiger partial charge in [-0.05, 0) is 48.6 Å². The van der Waals surface area contributed by atoms with Gasteiger partial charge in [-0.3, -0.25) is 4.99 Å². The minimum atomic E-state index is 0.798. The Labute approximate surface area is 112 Å². The maximum absolute atomic E-state index is 6.03. The summed E-state index contributed by atoms with van der Waals surface area (Å²) in [6.45, 7) is 0. The van der Waals surface area contributed by atoms with Crippen LogP contribution in [0.25, 0.3) is 0 Å². The Morgan fingerprint density at radius 2 is 1.78 bits per heavy atom. The van der Waals surface area contributed by atoms with Crippen molar-refractivity contribution in [3.8, 4) is 0 Å². The van der Waals surface area contributed by atoms with Gasteiger partial charge in [0.15, 0.2) is 0 Å². The van der Waals surface area contributed by atoms with Gasteiger partial charge in [-0.2, -0.15) is 0 Å². The van der Waals surface area contributed by atoms with Gasteiger partial charge in [0.1, 0.15) is 0 Å². The number of hydrogen-bond acceptors (Lipinski definition) is 1. The van der Waals surface area contributed by atoms with Crippen molar-refractivity contribution in [2.45, 2.75) is 19.3 Å². The van der Waals surface area contributed by atoms with Crippen LogP contribution in [-0.2, 0) is 6.42 Å². The summed E-state index contributed by atoms with van der Waals surface area (Å²) in [5.74, 6) is 0. The largest absolute Gasteiger partial charge is 0.253 e. The van der Waals surface area contributed by atoms with Crippen LogP contribution in [0, 0.1) is 0 Å². The van der Waals surface area contributed by atoms with Crippen LogP contribution in [0.15, 0.2) is 53.5 Å². The van der Waals surface area contributed by atoms with Gasteiger partial charge >= 0.3 is 0 Å². The lowest BCUT2D eigenvalue weighted by molar-refractivity contribution is 0.878. The van der Waals surface area contributed by atoms with E-state index in [1.54, 1.807) is 0 Å². The number of hydrogen-bond donors (Lipinski definition) is 0. The Morgan fingerprint density at radius 3 is 2.61 bits per heavy atom. The van der Waals surface area contributed by atoms with E-state index < -0.39 is 0 Å². The summed E-state index contributed by atoms with van der Waals surface area (Å²) in [7, 11) is 0. The van der Waals surface area contributed by atoms with Crippen LogP contribution in [0.3, 0.4) is 0 Å². The molecule has 2 aromatic rings. The molecule has 90 valence electrons. The molecular weight excluding hydrogens is 242 g/mol. The molecule has 2 heteroatoms. The Kier molecular flexibility index (Phi) is 3.16. The van der Waals surface area contributed by atoms with Gasteiger partial charge in [-0.1, -0.05) is 41.9 Å². The van der Waals surface area contributed by atoms with Gasteiger partial charge in [0.25, 0.3) is 0 Å². The van der Waals surface area contributed by atoms with Crippen molar-refractivity contribution in [2.75, 3.05) is 0 Å². The minimum absolute atomic E-state index is 0.798. The first-order chi connectivity index (χ1) is 8.83. The van der Waals surface area contributed by atoms with Crippen LogP contribution in [0.4, 0.5) is 5.69 Å². The van der Waals surface area contributed by atoms with Crippen molar-refractivity contribution < 1.29 is 0 Å². The molecule has 0 bridgehead atoms. The number of fused-ring (bicyclic) bond motifs is 1. The van der Waals surface area contributed by atoms with Crippen LogP contribution in [-0.4, -0.2) is 5.71 Å². The van der Waals surface area contributed by atoms with E-state index in [1.807, 2.05) is 24.3 Å². The minimum Gasteiger partial charge on any atom is -0.253 e. The van der Waals surface area contributed by atoms with Crippen LogP contribution in [0.2, 0.25) is 5.02 Å². The highest BCUT2D eigenvalue weighted by Gasteiger charge is 2.11. The summed E-state index contributed by atoms with van der Waals surface area (Å²) in [5, 5.41) is 0.798. The predicted octanol–water partition coefficient (Wildman–Crippen LogP) is 4.80. The molecule has 0 aromatic heterocycles. The zero-order chi connectivity index (χ0) is 12.4. The highest BCUT2D eigenvalue weighted by molar-refractivity contribution is 6.30. The lowest BCUT2D eigenvalue weighted by Crippen LogP contribution is -1.98. The van der Waals surface area contributed by atoms with Crippen molar-refractivity contribution in [1.82, 2.24) is 0 Å². The van der Waals surface area contributed by atoms with Crippen molar-refractivity contribution in [1.29, 1.82) is 0 Å². The first-order valence-electron chi connectivity index (χ1n) is 6.24. The molecule has 1 aliphatic heterocycles. The molecule has 0 radical (unpaired) electrons. The smallest absolute Gasteiger partial charge is 0.0666 e. The maximum atomic E-state index is 6.03. The molecule has 1 nitrogen and oxygen atoms in total. The molecule has 0 spiro atoms. The van der Waals surface area contributed by atoms with Crippen LogP contribution >= 0.6 is 11.6 Å². The second-order valence-electron chi connectivity index (χ2n) is 4.55. The molecule has 0 aliphatic carbocycles. The van der Waals surface area contributed by atoms with E-state index in [4.69, 9.17) is 16.6 Å². The number of halogens is 1. The van der Waals surface area contributed by atoms with Crippen molar-refractivity contribution in [3.05, 3.63) is 64.7 Å². The van der Waals surface area contributed by atoms with Gasteiger partial charge in [0.05, 0.1) is 5.69 Å². The number of benzene rings is 2. The summed E-state index contributed by atoms with van der Waals surface area (Å²) in [5.41, 5.74) is 4.72. The Bertz CT molecular complexity index is 587. The summed E-state index contributed by atoms with van der Waals surface area (Å²) >= 11 is 6.03. The number of rotatable bonds is 1. The molecule has 0 amide bonds.